The standard InChI is InChI=1S/C17H23N3O/c1-4-20-15(11-12(2)19-20)16(18-3)14-9-5-7-13-8-6-10-21-17(13)14/h5,7,9,11,16,18H,4,6,8,10H2,1-3H3. The molecule has 0 spiro atoms. The molecule has 3 rings (SSSR count). The molecule has 1 unspecified atom stereocenters. The fourth-order valence-corrected chi connectivity index (χ4v) is 3.16. The Hall–Kier alpha value is -1.81. The molecule has 0 aliphatic carbocycles. The topological polar surface area (TPSA) is 39.1 Å². The highest BCUT2D eigenvalue weighted by atomic mass is 16.5. The molecule has 2 heterocycles. The van der Waals surface area contributed by atoms with Crippen molar-refractivity contribution in [3.63, 3.8) is 0 Å². The summed E-state index contributed by atoms with van der Waals surface area (Å²) in [5.41, 5.74) is 4.78. The van der Waals surface area contributed by atoms with Gasteiger partial charge in [-0.15, -0.1) is 0 Å². The number of nitrogens with one attached hydrogen (secondary N) is 1. The maximum atomic E-state index is 5.97. The lowest BCUT2D eigenvalue weighted by Crippen LogP contribution is -2.23. The van der Waals surface area contributed by atoms with Crippen LogP contribution in [0.3, 0.4) is 0 Å². The largest absolute Gasteiger partial charge is 0.493 e. The summed E-state index contributed by atoms with van der Waals surface area (Å²) in [4.78, 5) is 0. The Kier molecular flexibility index (Phi) is 3.97. The smallest absolute Gasteiger partial charge is 0.127 e. The summed E-state index contributed by atoms with van der Waals surface area (Å²) in [5.74, 6) is 1.06. The van der Waals surface area contributed by atoms with Gasteiger partial charge in [-0.25, -0.2) is 0 Å². The molecule has 0 saturated heterocycles. The molecule has 21 heavy (non-hydrogen) atoms. The SMILES string of the molecule is CCn1nc(C)cc1C(NC)c1cccc2c1OCCC2. The molecule has 1 aliphatic heterocycles. The summed E-state index contributed by atoms with van der Waals surface area (Å²) in [6, 6.07) is 8.74. The first-order chi connectivity index (χ1) is 10.2. The normalized spacial score (nSPS) is 15.4. The summed E-state index contributed by atoms with van der Waals surface area (Å²) in [6.45, 7) is 5.85. The summed E-state index contributed by atoms with van der Waals surface area (Å²) in [7, 11) is 2.00. The van der Waals surface area contributed by atoms with Crippen LogP contribution in [0.25, 0.3) is 0 Å². The summed E-state index contributed by atoms with van der Waals surface area (Å²) in [5, 5.41) is 8.00. The highest BCUT2D eigenvalue weighted by molar-refractivity contribution is 5.47. The van der Waals surface area contributed by atoms with Gasteiger partial charge in [-0.2, -0.15) is 5.10 Å². The van der Waals surface area contributed by atoms with Crippen molar-refractivity contribution in [2.24, 2.45) is 0 Å². The van der Waals surface area contributed by atoms with E-state index in [2.05, 4.69) is 46.3 Å². The average Bonchev–Trinajstić information content (AvgIpc) is 2.89. The molecule has 0 bridgehead atoms. The zero-order chi connectivity index (χ0) is 14.8. The van der Waals surface area contributed by atoms with Gasteiger partial charge in [-0.05, 0) is 45.4 Å². The van der Waals surface area contributed by atoms with Crippen molar-refractivity contribution in [1.82, 2.24) is 15.1 Å². The van der Waals surface area contributed by atoms with Crippen molar-refractivity contribution in [3.8, 4) is 5.75 Å². The van der Waals surface area contributed by atoms with E-state index in [-0.39, 0.29) is 6.04 Å². The number of fused-ring (bicyclic) bond motifs is 1. The van der Waals surface area contributed by atoms with Crippen LogP contribution in [0.4, 0.5) is 0 Å². The number of aromatic nitrogens is 2. The zero-order valence-corrected chi connectivity index (χ0v) is 13.0. The molecule has 1 aliphatic rings. The van der Waals surface area contributed by atoms with Gasteiger partial charge in [-0.1, -0.05) is 18.2 Å². The van der Waals surface area contributed by atoms with Gasteiger partial charge in [0.05, 0.1) is 24.0 Å². The van der Waals surface area contributed by atoms with Gasteiger partial charge in [0.1, 0.15) is 5.75 Å². The Balaban J connectivity index is 2.08. The first-order valence-electron chi connectivity index (χ1n) is 7.70. The monoisotopic (exact) mass is 285 g/mol. The first-order valence-corrected chi connectivity index (χ1v) is 7.70. The fraction of sp³-hybridized carbons (Fsp3) is 0.471. The van der Waals surface area contributed by atoms with E-state index >= 15 is 0 Å². The van der Waals surface area contributed by atoms with Crippen LogP contribution in [0.15, 0.2) is 24.3 Å². The van der Waals surface area contributed by atoms with E-state index in [4.69, 9.17) is 4.74 Å². The number of aryl methyl sites for hydroxylation is 3. The van der Waals surface area contributed by atoms with E-state index in [0.717, 1.165) is 37.4 Å². The Labute approximate surface area is 126 Å². The summed E-state index contributed by atoms with van der Waals surface area (Å²) >= 11 is 0. The van der Waals surface area contributed by atoms with E-state index < -0.39 is 0 Å². The van der Waals surface area contributed by atoms with Gasteiger partial charge in [-0.3, -0.25) is 4.68 Å². The first kappa shape index (κ1) is 14.1. The number of benzene rings is 1. The van der Waals surface area contributed by atoms with Crippen LogP contribution < -0.4 is 10.1 Å². The molecule has 0 radical (unpaired) electrons. The fourth-order valence-electron chi connectivity index (χ4n) is 3.16. The van der Waals surface area contributed by atoms with Crippen molar-refractivity contribution < 1.29 is 4.74 Å². The van der Waals surface area contributed by atoms with Crippen molar-refractivity contribution in [1.29, 1.82) is 0 Å². The molecule has 1 N–H and O–H groups in total. The number of para-hydroxylation sites is 1. The van der Waals surface area contributed by atoms with Crippen LogP contribution in [0.2, 0.25) is 0 Å². The predicted octanol–water partition coefficient (Wildman–Crippen LogP) is 2.85. The summed E-state index contributed by atoms with van der Waals surface area (Å²) in [6.07, 6.45) is 2.21. The Morgan fingerprint density at radius 3 is 3.05 bits per heavy atom. The maximum Gasteiger partial charge on any atom is 0.127 e. The zero-order valence-electron chi connectivity index (χ0n) is 13.0. The number of hydrogen-bond acceptors (Lipinski definition) is 3. The number of ether oxygens (including phenoxy) is 1. The van der Waals surface area contributed by atoms with Crippen molar-refractivity contribution in [2.45, 2.75) is 39.3 Å². The Bertz CT molecular complexity index is 633. The van der Waals surface area contributed by atoms with Crippen molar-refractivity contribution >= 4 is 0 Å². The summed E-state index contributed by atoms with van der Waals surface area (Å²) < 4.78 is 8.04. The van der Waals surface area contributed by atoms with Gasteiger partial charge >= 0.3 is 0 Å². The third-order valence-corrected chi connectivity index (χ3v) is 4.09. The lowest BCUT2D eigenvalue weighted by molar-refractivity contribution is 0.283. The van der Waals surface area contributed by atoms with E-state index in [9.17, 15) is 0 Å². The second-order valence-corrected chi connectivity index (χ2v) is 5.54. The quantitative estimate of drug-likeness (QED) is 0.939. The van der Waals surface area contributed by atoms with Gasteiger partial charge in [0.15, 0.2) is 0 Å². The van der Waals surface area contributed by atoms with Gasteiger partial charge < -0.3 is 10.1 Å². The average molecular weight is 285 g/mol. The minimum atomic E-state index is 0.110. The van der Waals surface area contributed by atoms with Crippen LogP contribution in [-0.2, 0) is 13.0 Å². The van der Waals surface area contributed by atoms with Gasteiger partial charge in [0, 0.05) is 12.1 Å². The van der Waals surface area contributed by atoms with E-state index in [1.807, 2.05) is 14.0 Å². The van der Waals surface area contributed by atoms with E-state index in [1.165, 1.54) is 16.8 Å². The third kappa shape index (κ3) is 2.56. The van der Waals surface area contributed by atoms with Gasteiger partial charge in [0.2, 0.25) is 0 Å². The van der Waals surface area contributed by atoms with Crippen molar-refractivity contribution in [2.75, 3.05) is 13.7 Å². The second-order valence-electron chi connectivity index (χ2n) is 5.54. The molecule has 0 fully saturated rings. The lowest BCUT2D eigenvalue weighted by atomic mass is 9.96. The molecule has 1 atom stereocenters. The number of rotatable bonds is 4. The third-order valence-electron chi connectivity index (χ3n) is 4.09. The molecule has 112 valence electrons. The van der Waals surface area contributed by atoms with E-state index in [0.29, 0.717) is 0 Å². The lowest BCUT2D eigenvalue weighted by Gasteiger charge is -2.25. The number of nitrogens with zero attached hydrogens (tertiary/aromatic N) is 2. The molecule has 1 aromatic heterocycles. The van der Waals surface area contributed by atoms with Crippen LogP contribution in [0.5, 0.6) is 5.75 Å². The van der Waals surface area contributed by atoms with Crippen LogP contribution in [0, 0.1) is 6.92 Å². The highest BCUT2D eigenvalue weighted by Crippen LogP contribution is 2.35. The molecular formula is C17H23N3O. The van der Waals surface area contributed by atoms with Crippen LogP contribution in [-0.4, -0.2) is 23.4 Å². The maximum absolute atomic E-state index is 5.97. The van der Waals surface area contributed by atoms with E-state index in [1.54, 1.807) is 0 Å². The van der Waals surface area contributed by atoms with Crippen LogP contribution >= 0.6 is 0 Å². The number of hydrogen-bond donors (Lipinski definition) is 1. The molecule has 1 aromatic carbocycles. The molecular weight excluding hydrogens is 262 g/mol. The van der Waals surface area contributed by atoms with Crippen molar-refractivity contribution in [3.05, 3.63) is 46.8 Å². The molecule has 0 amide bonds. The highest BCUT2D eigenvalue weighted by Gasteiger charge is 2.24. The predicted molar refractivity (Wildman–Crippen MR) is 83.8 cm³/mol. The van der Waals surface area contributed by atoms with Crippen LogP contribution in [0.1, 0.15) is 41.9 Å². The minimum absolute atomic E-state index is 0.110. The molecule has 0 saturated carbocycles. The minimum Gasteiger partial charge on any atom is -0.493 e. The Morgan fingerprint density at radius 1 is 1.43 bits per heavy atom. The second kappa shape index (κ2) is 5.90. The Morgan fingerprint density at radius 2 is 2.29 bits per heavy atom. The molecule has 2 aromatic rings. The van der Waals surface area contributed by atoms with Gasteiger partial charge in [0.25, 0.3) is 0 Å². The molecule has 4 nitrogen and oxygen atoms in total. The molecule has 4 heteroatoms.